The van der Waals surface area contributed by atoms with Crippen molar-refractivity contribution in [2.45, 2.75) is 77.3 Å². The Morgan fingerprint density at radius 1 is 1.10 bits per heavy atom. The monoisotopic (exact) mass is 680 g/mol. The second-order valence-electron chi connectivity index (χ2n) is 12.2. The van der Waals surface area contributed by atoms with Crippen LogP contribution in [-0.2, 0) is 9.53 Å². The van der Waals surface area contributed by atoms with Crippen LogP contribution in [0.15, 0.2) is 42.5 Å². The van der Waals surface area contributed by atoms with Gasteiger partial charge in [-0.3, -0.25) is 9.59 Å². The number of methoxy groups -OCH3 is 1. The number of anilines is 2. The lowest BCUT2D eigenvalue weighted by atomic mass is 10.0. The number of urea groups is 1. The summed E-state index contributed by atoms with van der Waals surface area (Å²) >= 11 is 0. The van der Waals surface area contributed by atoms with E-state index in [9.17, 15) is 32.7 Å². The molecule has 4 amide bonds. The topological polar surface area (TPSA) is 130 Å². The molecule has 2 aromatic carbocycles. The molecule has 0 saturated carbocycles. The van der Waals surface area contributed by atoms with Crippen LogP contribution in [0.5, 0.6) is 11.5 Å². The van der Waals surface area contributed by atoms with Gasteiger partial charge in [0.1, 0.15) is 11.5 Å². The average molecular weight is 681 g/mol. The Hall–Kier alpha value is -4.04. The summed E-state index contributed by atoms with van der Waals surface area (Å²) in [5, 5.41) is 15.6. The highest BCUT2D eigenvalue weighted by Crippen LogP contribution is 2.29. The summed E-state index contributed by atoms with van der Waals surface area (Å²) in [4.78, 5) is 42.3. The molecular weight excluding hydrogens is 633 g/mol. The molecule has 0 aromatic heterocycles. The number of aliphatic hydroxyl groups is 1. The van der Waals surface area contributed by atoms with Crippen molar-refractivity contribution in [1.29, 1.82) is 0 Å². The molecule has 1 heterocycles. The van der Waals surface area contributed by atoms with Crippen LogP contribution >= 0.6 is 0 Å². The molecular formula is C34H47F3N4O7. The molecule has 4 atom stereocenters. The number of ether oxygens (including phenoxy) is 3. The van der Waals surface area contributed by atoms with Gasteiger partial charge in [-0.1, -0.05) is 6.92 Å². The molecule has 2 aromatic rings. The molecule has 3 N–H and O–H groups in total. The van der Waals surface area contributed by atoms with E-state index in [-0.39, 0.29) is 37.3 Å². The van der Waals surface area contributed by atoms with Crippen LogP contribution in [0.25, 0.3) is 0 Å². The Morgan fingerprint density at radius 2 is 1.77 bits per heavy atom. The number of carbonyl (C=O) groups is 3. The number of rotatable bonds is 9. The zero-order chi connectivity index (χ0) is 35.4. The van der Waals surface area contributed by atoms with Crippen LogP contribution in [0.2, 0.25) is 0 Å². The number of hydrogen-bond donors (Lipinski definition) is 3. The number of nitrogens with one attached hydrogen (secondary N) is 2. The van der Waals surface area contributed by atoms with Gasteiger partial charge >= 0.3 is 12.2 Å². The van der Waals surface area contributed by atoms with E-state index in [1.165, 1.54) is 22.9 Å². The van der Waals surface area contributed by atoms with Crippen LogP contribution in [0.4, 0.5) is 29.3 Å². The van der Waals surface area contributed by atoms with Gasteiger partial charge in [0.25, 0.3) is 5.91 Å². The Morgan fingerprint density at radius 3 is 2.42 bits per heavy atom. The Bertz CT molecular complexity index is 1360. The van der Waals surface area contributed by atoms with E-state index in [2.05, 4.69) is 10.6 Å². The number of likely N-dealkylation sites (N-methyl/N-ethyl adjacent to an activating group) is 1. The number of alkyl halides is 3. The van der Waals surface area contributed by atoms with Crippen molar-refractivity contribution < 1.29 is 46.9 Å². The molecule has 11 nitrogen and oxygen atoms in total. The molecule has 0 unspecified atom stereocenters. The second-order valence-corrected chi connectivity index (χ2v) is 12.2. The van der Waals surface area contributed by atoms with E-state index in [0.29, 0.717) is 42.3 Å². The molecule has 0 spiro atoms. The summed E-state index contributed by atoms with van der Waals surface area (Å²) in [6.07, 6.45) is -5.14. The van der Waals surface area contributed by atoms with Crippen LogP contribution in [0.3, 0.4) is 0 Å². The summed E-state index contributed by atoms with van der Waals surface area (Å²) in [6, 6.07) is 10.4. The molecule has 48 heavy (non-hydrogen) atoms. The molecule has 3 rings (SSSR count). The van der Waals surface area contributed by atoms with Gasteiger partial charge in [0.05, 0.1) is 44.0 Å². The number of aliphatic hydroxyl groups excluding tert-OH is 1. The van der Waals surface area contributed by atoms with Gasteiger partial charge in [-0.2, -0.15) is 13.2 Å². The van der Waals surface area contributed by atoms with Crippen LogP contribution < -0.4 is 20.1 Å². The molecule has 0 bridgehead atoms. The number of benzene rings is 2. The fourth-order valence-corrected chi connectivity index (χ4v) is 5.24. The lowest BCUT2D eigenvalue weighted by Gasteiger charge is -2.36. The molecule has 0 saturated heterocycles. The molecule has 1 aliphatic rings. The fraction of sp³-hybridized carbons (Fsp3) is 0.559. The zero-order valence-electron chi connectivity index (χ0n) is 28.1. The lowest BCUT2D eigenvalue weighted by Crippen LogP contribution is -2.48. The summed E-state index contributed by atoms with van der Waals surface area (Å²) in [5.41, 5.74) is 1.03. The number of carbonyl (C=O) groups excluding carboxylic acids is 3. The van der Waals surface area contributed by atoms with E-state index in [1.54, 1.807) is 50.4 Å². The number of amides is 4. The maximum absolute atomic E-state index is 14.2. The minimum atomic E-state index is -4.45. The highest BCUT2D eigenvalue weighted by molar-refractivity contribution is 6.02. The number of fused-ring (bicyclic) bond motifs is 1. The van der Waals surface area contributed by atoms with Crippen molar-refractivity contribution in [2.75, 3.05) is 51.1 Å². The minimum Gasteiger partial charge on any atom is -0.497 e. The predicted octanol–water partition coefficient (Wildman–Crippen LogP) is 5.94. The molecule has 0 radical (unpaired) electrons. The normalized spacial score (nSPS) is 20.1. The van der Waals surface area contributed by atoms with E-state index in [4.69, 9.17) is 14.2 Å². The maximum atomic E-state index is 14.2. The Balaban J connectivity index is 1.88. The van der Waals surface area contributed by atoms with E-state index in [1.807, 2.05) is 13.8 Å². The molecule has 266 valence electrons. The van der Waals surface area contributed by atoms with Crippen molar-refractivity contribution in [3.8, 4) is 11.5 Å². The van der Waals surface area contributed by atoms with E-state index < -0.39 is 49.0 Å². The quantitative estimate of drug-likeness (QED) is 0.299. The van der Waals surface area contributed by atoms with Crippen molar-refractivity contribution in [3.63, 3.8) is 0 Å². The van der Waals surface area contributed by atoms with Crippen molar-refractivity contribution in [2.24, 2.45) is 5.92 Å². The fourth-order valence-electron chi connectivity index (χ4n) is 5.24. The summed E-state index contributed by atoms with van der Waals surface area (Å²) in [6.45, 7) is 5.52. The smallest absolute Gasteiger partial charge is 0.389 e. The third-order valence-electron chi connectivity index (χ3n) is 8.16. The largest absolute Gasteiger partial charge is 0.497 e. The van der Waals surface area contributed by atoms with Gasteiger partial charge in [0, 0.05) is 50.5 Å². The molecule has 0 fully saturated rings. The van der Waals surface area contributed by atoms with Gasteiger partial charge in [-0.05, 0) is 75.6 Å². The van der Waals surface area contributed by atoms with E-state index >= 15 is 0 Å². The van der Waals surface area contributed by atoms with Gasteiger partial charge in [0.2, 0.25) is 5.91 Å². The third kappa shape index (κ3) is 11.9. The van der Waals surface area contributed by atoms with Crippen molar-refractivity contribution >= 4 is 29.2 Å². The first-order chi connectivity index (χ1) is 22.7. The SMILES string of the molecule is COc1ccc(NC(=O)Nc2ccc3c(c2)C(=O)N([C@@H](C)CO)C[C@H](C)[C@@H](CN(C)C(=O)CCC(F)(F)F)OCCCC[C@@H](C)O3)cc1. The Kier molecular flexibility index (Phi) is 14.3. The molecule has 1 aliphatic heterocycles. The maximum Gasteiger partial charge on any atom is 0.389 e. The summed E-state index contributed by atoms with van der Waals surface area (Å²) < 4.78 is 55.8. The van der Waals surface area contributed by atoms with Crippen LogP contribution in [0.1, 0.15) is 63.2 Å². The van der Waals surface area contributed by atoms with Gasteiger partial charge in [-0.15, -0.1) is 0 Å². The standard InChI is InChI=1S/C34H47F3N4O7/c1-22-19-41(23(2)21-42)32(44)28-18-26(39-33(45)38-25-9-12-27(46-5)13-10-25)11-14-29(28)48-24(3)8-6-7-17-47-30(22)20-40(4)31(43)15-16-34(35,36)37/h9-14,18,22-24,30,42H,6-8,15-17,19-21H2,1-5H3,(H2,38,39,45)/t22-,23-,24+,30+/m0/s1. The van der Waals surface area contributed by atoms with Gasteiger partial charge < -0.3 is 39.8 Å². The van der Waals surface area contributed by atoms with Crippen LogP contribution in [0, 0.1) is 5.92 Å². The predicted molar refractivity (Wildman–Crippen MR) is 175 cm³/mol. The average Bonchev–Trinajstić information content (AvgIpc) is 3.04. The highest BCUT2D eigenvalue weighted by atomic mass is 19.4. The van der Waals surface area contributed by atoms with Gasteiger partial charge in [-0.25, -0.2) is 4.79 Å². The van der Waals surface area contributed by atoms with Gasteiger partial charge in [0.15, 0.2) is 0 Å². The van der Waals surface area contributed by atoms with E-state index in [0.717, 1.165) is 6.42 Å². The summed E-state index contributed by atoms with van der Waals surface area (Å²) in [7, 11) is 2.98. The second kappa shape index (κ2) is 17.9. The first-order valence-corrected chi connectivity index (χ1v) is 16.1. The number of halogens is 3. The highest BCUT2D eigenvalue weighted by Gasteiger charge is 2.32. The Labute approximate surface area is 279 Å². The van der Waals surface area contributed by atoms with Crippen LogP contribution in [-0.4, -0.2) is 97.6 Å². The molecule has 0 aliphatic carbocycles. The molecule has 14 heteroatoms. The minimum absolute atomic E-state index is 0.0286. The number of hydrogen-bond acceptors (Lipinski definition) is 7. The zero-order valence-corrected chi connectivity index (χ0v) is 28.1. The first-order valence-electron chi connectivity index (χ1n) is 16.1. The van der Waals surface area contributed by atoms with Crippen molar-refractivity contribution in [3.05, 3.63) is 48.0 Å². The summed E-state index contributed by atoms with van der Waals surface area (Å²) in [5.74, 6) is -0.555. The number of nitrogens with zero attached hydrogens (tertiary/aromatic N) is 2. The lowest BCUT2D eigenvalue weighted by molar-refractivity contribution is -0.149. The third-order valence-corrected chi connectivity index (χ3v) is 8.16. The van der Waals surface area contributed by atoms with Crippen molar-refractivity contribution in [1.82, 2.24) is 9.80 Å². The first kappa shape index (κ1) is 38.4.